The maximum Gasteiger partial charge on any atom is 0.416 e. The van der Waals surface area contributed by atoms with Gasteiger partial charge in [-0.05, 0) is 48.9 Å². The molecule has 8 nitrogen and oxygen atoms in total. The molecule has 1 fully saturated rings. The summed E-state index contributed by atoms with van der Waals surface area (Å²) >= 11 is 0. The molecule has 222 valence electrons. The van der Waals surface area contributed by atoms with Crippen molar-refractivity contribution in [2.45, 2.75) is 25.6 Å². The van der Waals surface area contributed by atoms with Crippen LogP contribution in [0.15, 0.2) is 72.0 Å². The average Bonchev–Trinajstić information content (AvgIpc) is 3.62. The van der Waals surface area contributed by atoms with E-state index in [4.69, 9.17) is 9.84 Å². The van der Waals surface area contributed by atoms with E-state index in [9.17, 15) is 22.8 Å². The molecule has 3 aromatic rings. The molecule has 0 N–H and O–H groups in total. The third kappa shape index (κ3) is 6.74. The fraction of sp³-hybridized carbons (Fsp3) is 0.387. The Labute approximate surface area is 243 Å². The third-order valence-electron chi connectivity index (χ3n) is 7.73. The summed E-state index contributed by atoms with van der Waals surface area (Å²) in [5.74, 6) is -0.880. The van der Waals surface area contributed by atoms with Gasteiger partial charge in [-0.25, -0.2) is 5.01 Å². The Morgan fingerprint density at radius 3 is 2.33 bits per heavy atom. The van der Waals surface area contributed by atoms with Crippen LogP contribution in [-0.4, -0.2) is 82.8 Å². The molecule has 2 aromatic carbocycles. The summed E-state index contributed by atoms with van der Waals surface area (Å²) in [6.07, 6.45) is -2.09. The van der Waals surface area contributed by atoms with Gasteiger partial charge in [0.1, 0.15) is 6.54 Å². The van der Waals surface area contributed by atoms with Crippen molar-refractivity contribution in [2.75, 3.05) is 45.9 Å². The molecule has 0 saturated carbocycles. The molecule has 11 heteroatoms. The SMILES string of the molecule is Cc1ccc([C@H]2CC(c3cccn3C)=NN2C(=O)CN(CCN2CCOCC2)C(=O)c2ccc(C(F)(F)F)cc2)cc1. The van der Waals surface area contributed by atoms with Gasteiger partial charge in [-0.1, -0.05) is 29.8 Å². The van der Waals surface area contributed by atoms with Gasteiger partial charge in [-0.2, -0.15) is 18.3 Å². The highest BCUT2D eigenvalue weighted by atomic mass is 19.4. The van der Waals surface area contributed by atoms with Gasteiger partial charge in [0.05, 0.1) is 36.2 Å². The van der Waals surface area contributed by atoms with Crippen molar-refractivity contribution in [3.05, 3.63) is 94.8 Å². The zero-order chi connectivity index (χ0) is 29.9. The summed E-state index contributed by atoms with van der Waals surface area (Å²) in [6, 6.07) is 15.5. The van der Waals surface area contributed by atoms with Crippen molar-refractivity contribution in [1.82, 2.24) is 19.4 Å². The van der Waals surface area contributed by atoms with E-state index in [0.29, 0.717) is 39.3 Å². The summed E-state index contributed by atoms with van der Waals surface area (Å²) in [6.45, 7) is 5.00. The number of carbonyl (C=O) groups is 2. The monoisotopic (exact) mass is 581 g/mol. The summed E-state index contributed by atoms with van der Waals surface area (Å²) in [5, 5.41) is 6.19. The average molecular weight is 582 g/mol. The number of hydrogen-bond donors (Lipinski definition) is 0. The van der Waals surface area contributed by atoms with Crippen LogP contribution in [0.25, 0.3) is 0 Å². The second-order valence-electron chi connectivity index (χ2n) is 10.7. The standard InChI is InChI=1S/C31H34F3N5O3/c1-22-5-7-23(8-6-22)28-20-26(27-4-3-13-36(27)2)35-39(28)29(40)21-38(15-14-37-16-18-42-19-17-37)30(41)24-9-11-25(12-10-24)31(32,33)34/h3-13,28H,14-21H2,1-2H3/t28-/m1/s1. The molecule has 1 saturated heterocycles. The molecule has 2 aliphatic heterocycles. The number of aromatic nitrogens is 1. The molecule has 0 aliphatic carbocycles. The molecule has 2 aliphatic rings. The van der Waals surface area contributed by atoms with Gasteiger partial charge in [-0.15, -0.1) is 0 Å². The number of morpholine rings is 1. The van der Waals surface area contributed by atoms with Crippen LogP contribution in [0.1, 0.15) is 45.2 Å². The van der Waals surface area contributed by atoms with E-state index >= 15 is 0 Å². The van der Waals surface area contributed by atoms with E-state index in [2.05, 4.69) is 4.90 Å². The van der Waals surface area contributed by atoms with Crippen LogP contribution in [0.4, 0.5) is 13.2 Å². The Bertz CT molecular complexity index is 1430. The predicted molar refractivity (Wildman–Crippen MR) is 152 cm³/mol. The lowest BCUT2D eigenvalue weighted by Gasteiger charge is -2.31. The van der Waals surface area contributed by atoms with Crippen molar-refractivity contribution in [3.63, 3.8) is 0 Å². The maximum atomic E-state index is 13.9. The molecule has 0 bridgehead atoms. The van der Waals surface area contributed by atoms with E-state index in [1.807, 2.05) is 61.1 Å². The second-order valence-corrected chi connectivity index (χ2v) is 10.7. The number of aryl methyl sites for hydroxylation is 2. The lowest BCUT2D eigenvalue weighted by molar-refractivity contribution is -0.137. The molecular formula is C31H34F3N5O3. The van der Waals surface area contributed by atoms with Crippen molar-refractivity contribution >= 4 is 17.5 Å². The molecule has 0 spiro atoms. The van der Waals surface area contributed by atoms with E-state index in [0.717, 1.165) is 46.8 Å². The normalized spacial score (nSPS) is 17.8. The quantitative estimate of drug-likeness (QED) is 0.393. The van der Waals surface area contributed by atoms with Crippen LogP contribution in [0, 0.1) is 6.92 Å². The fourth-order valence-electron chi connectivity index (χ4n) is 5.26. The molecule has 0 radical (unpaired) electrons. The Hall–Kier alpha value is -3.96. The first-order chi connectivity index (χ1) is 20.1. The van der Waals surface area contributed by atoms with E-state index in [-0.39, 0.29) is 30.6 Å². The lowest BCUT2D eigenvalue weighted by Crippen LogP contribution is -2.46. The number of benzene rings is 2. The number of hydrazone groups is 1. The molecule has 1 aromatic heterocycles. The van der Waals surface area contributed by atoms with Crippen molar-refractivity contribution in [1.29, 1.82) is 0 Å². The molecular weight excluding hydrogens is 547 g/mol. The molecule has 0 unspecified atom stereocenters. The van der Waals surface area contributed by atoms with Crippen molar-refractivity contribution < 1.29 is 27.5 Å². The number of nitrogens with zero attached hydrogens (tertiary/aromatic N) is 5. The van der Waals surface area contributed by atoms with E-state index in [1.165, 1.54) is 9.91 Å². The second kappa shape index (κ2) is 12.5. The number of amides is 2. The largest absolute Gasteiger partial charge is 0.416 e. The van der Waals surface area contributed by atoms with E-state index in [1.54, 1.807) is 0 Å². The molecule has 2 amide bonds. The number of carbonyl (C=O) groups excluding carboxylic acids is 2. The van der Waals surface area contributed by atoms with Crippen molar-refractivity contribution in [3.8, 4) is 0 Å². The topological polar surface area (TPSA) is 70.4 Å². The fourth-order valence-corrected chi connectivity index (χ4v) is 5.26. The van der Waals surface area contributed by atoms with Gasteiger partial charge in [0, 0.05) is 51.4 Å². The summed E-state index contributed by atoms with van der Waals surface area (Å²) in [7, 11) is 1.92. The summed E-state index contributed by atoms with van der Waals surface area (Å²) in [4.78, 5) is 31.1. The smallest absolute Gasteiger partial charge is 0.379 e. The van der Waals surface area contributed by atoms with Crippen LogP contribution in [0.5, 0.6) is 0 Å². The minimum atomic E-state index is -4.51. The highest BCUT2D eigenvalue weighted by Crippen LogP contribution is 2.33. The Morgan fingerprint density at radius 1 is 1.02 bits per heavy atom. The van der Waals surface area contributed by atoms with Gasteiger partial charge in [0.2, 0.25) is 0 Å². The first-order valence-electron chi connectivity index (χ1n) is 13.9. The Balaban J connectivity index is 1.41. The number of halogens is 3. The summed E-state index contributed by atoms with van der Waals surface area (Å²) in [5.41, 5.74) is 2.92. The molecule has 1 atom stereocenters. The highest BCUT2D eigenvalue weighted by molar-refractivity contribution is 6.02. The summed E-state index contributed by atoms with van der Waals surface area (Å²) < 4.78 is 46.8. The van der Waals surface area contributed by atoms with Gasteiger partial charge in [-0.3, -0.25) is 14.5 Å². The zero-order valence-electron chi connectivity index (χ0n) is 23.7. The Morgan fingerprint density at radius 2 is 1.71 bits per heavy atom. The van der Waals surface area contributed by atoms with E-state index < -0.39 is 17.6 Å². The number of hydrogen-bond acceptors (Lipinski definition) is 5. The molecule has 3 heterocycles. The number of rotatable bonds is 8. The zero-order valence-corrected chi connectivity index (χ0v) is 23.7. The first-order valence-corrected chi connectivity index (χ1v) is 13.9. The van der Waals surface area contributed by atoms with Crippen LogP contribution in [-0.2, 0) is 22.8 Å². The van der Waals surface area contributed by atoms with Gasteiger partial charge in [0.25, 0.3) is 11.8 Å². The maximum absolute atomic E-state index is 13.9. The van der Waals surface area contributed by atoms with Crippen LogP contribution >= 0.6 is 0 Å². The van der Waals surface area contributed by atoms with Crippen LogP contribution in [0.2, 0.25) is 0 Å². The van der Waals surface area contributed by atoms with Crippen LogP contribution < -0.4 is 0 Å². The van der Waals surface area contributed by atoms with Gasteiger partial charge in [0.15, 0.2) is 0 Å². The van der Waals surface area contributed by atoms with Crippen molar-refractivity contribution in [2.24, 2.45) is 12.1 Å². The minimum Gasteiger partial charge on any atom is -0.379 e. The first kappa shape index (κ1) is 29.5. The van der Waals surface area contributed by atoms with Gasteiger partial charge >= 0.3 is 6.18 Å². The highest BCUT2D eigenvalue weighted by Gasteiger charge is 2.35. The predicted octanol–water partition coefficient (Wildman–Crippen LogP) is 4.50. The number of alkyl halides is 3. The minimum absolute atomic E-state index is 0.0854. The van der Waals surface area contributed by atoms with Gasteiger partial charge < -0.3 is 14.2 Å². The molecule has 42 heavy (non-hydrogen) atoms. The number of ether oxygens (including phenoxy) is 1. The third-order valence-corrected chi connectivity index (χ3v) is 7.73. The lowest BCUT2D eigenvalue weighted by atomic mass is 9.99. The van der Waals surface area contributed by atoms with Crippen LogP contribution in [0.3, 0.4) is 0 Å². The Kier molecular flexibility index (Phi) is 8.79. The molecule has 5 rings (SSSR count).